The van der Waals surface area contributed by atoms with Crippen molar-refractivity contribution in [2.75, 3.05) is 5.32 Å². The zero-order chi connectivity index (χ0) is 10.5. The maximum Gasteiger partial charge on any atom is 0.0992 e. The van der Waals surface area contributed by atoms with E-state index < -0.39 is 0 Å². The highest BCUT2D eigenvalue weighted by Crippen LogP contribution is 2.17. The Kier molecular flexibility index (Phi) is 3.04. The van der Waals surface area contributed by atoms with E-state index in [-0.39, 0.29) is 0 Å². The molecule has 1 aliphatic carbocycles. The summed E-state index contributed by atoms with van der Waals surface area (Å²) in [7, 11) is 0. The van der Waals surface area contributed by atoms with Crippen molar-refractivity contribution in [3.63, 3.8) is 0 Å². The number of rotatable bonds is 2. The predicted molar refractivity (Wildman–Crippen MR) is 61.6 cm³/mol. The molecule has 0 aliphatic heterocycles. The molecule has 1 aromatic rings. The van der Waals surface area contributed by atoms with Gasteiger partial charge in [-0.1, -0.05) is 18.2 Å². The number of nitriles is 1. The SMILES string of the molecule is N#Cc1cccc(NC2CC=CCC2)c1. The van der Waals surface area contributed by atoms with E-state index in [2.05, 4.69) is 23.5 Å². The largest absolute Gasteiger partial charge is 0.382 e. The summed E-state index contributed by atoms with van der Waals surface area (Å²) in [6.45, 7) is 0. The van der Waals surface area contributed by atoms with Gasteiger partial charge in [0.25, 0.3) is 0 Å². The normalized spacial score (nSPS) is 19.5. The van der Waals surface area contributed by atoms with E-state index in [9.17, 15) is 0 Å². The lowest BCUT2D eigenvalue weighted by molar-refractivity contribution is 0.645. The van der Waals surface area contributed by atoms with Crippen LogP contribution in [-0.4, -0.2) is 6.04 Å². The molecule has 1 N–H and O–H groups in total. The lowest BCUT2D eigenvalue weighted by atomic mass is 10.0. The molecule has 0 fully saturated rings. The van der Waals surface area contributed by atoms with Crippen molar-refractivity contribution in [1.82, 2.24) is 0 Å². The molecule has 0 spiro atoms. The number of allylic oxidation sites excluding steroid dienone is 1. The number of hydrogen-bond acceptors (Lipinski definition) is 2. The molecule has 0 bridgehead atoms. The second-order valence-electron chi connectivity index (χ2n) is 3.82. The highest BCUT2D eigenvalue weighted by molar-refractivity contribution is 5.49. The lowest BCUT2D eigenvalue weighted by Gasteiger charge is -2.20. The van der Waals surface area contributed by atoms with Crippen LogP contribution in [0.4, 0.5) is 5.69 Å². The Hall–Kier alpha value is -1.75. The van der Waals surface area contributed by atoms with Crippen LogP contribution in [0.15, 0.2) is 36.4 Å². The Bertz CT molecular complexity index is 401. The van der Waals surface area contributed by atoms with Gasteiger partial charge < -0.3 is 5.32 Å². The molecule has 0 radical (unpaired) electrons. The number of nitrogens with one attached hydrogen (secondary N) is 1. The summed E-state index contributed by atoms with van der Waals surface area (Å²) in [5.74, 6) is 0. The third-order valence-corrected chi connectivity index (χ3v) is 2.63. The van der Waals surface area contributed by atoms with Gasteiger partial charge in [-0.3, -0.25) is 0 Å². The molecule has 0 heterocycles. The Morgan fingerprint density at radius 2 is 2.27 bits per heavy atom. The quantitative estimate of drug-likeness (QED) is 0.741. The van der Waals surface area contributed by atoms with Gasteiger partial charge in [-0.2, -0.15) is 5.26 Å². The van der Waals surface area contributed by atoms with Crippen LogP contribution in [0, 0.1) is 11.3 Å². The lowest BCUT2D eigenvalue weighted by Crippen LogP contribution is -2.20. The maximum absolute atomic E-state index is 8.78. The van der Waals surface area contributed by atoms with Crippen LogP contribution in [0.1, 0.15) is 24.8 Å². The number of benzene rings is 1. The highest BCUT2D eigenvalue weighted by Gasteiger charge is 2.08. The summed E-state index contributed by atoms with van der Waals surface area (Å²) in [6.07, 6.45) is 7.85. The smallest absolute Gasteiger partial charge is 0.0992 e. The third-order valence-electron chi connectivity index (χ3n) is 2.63. The predicted octanol–water partition coefficient (Wildman–Crippen LogP) is 3.08. The Morgan fingerprint density at radius 1 is 1.33 bits per heavy atom. The van der Waals surface area contributed by atoms with Crippen LogP contribution in [0.2, 0.25) is 0 Å². The molecule has 1 aromatic carbocycles. The number of nitrogens with zero attached hydrogens (tertiary/aromatic N) is 1. The molecular formula is C13H14N2. The Balaban J connectivity index is 2.04. The Morgan fingerprint density at radius 3 is 3.00 bits per heavy atom. The van der Waals surface area contributed by atoms with E-state index in [0.717, 1.165) is 18.5 Å². The molecular weight excluding hydrogens is 184 g/mol. The van der Waals surface area contributed by atoms with Crippen LogP contribution >= 0.6 is 0 Å². The minimum atomic E-state index is 0.518. The van der Waals surface area contributed by atoms with Gasteiger partial charge in [0.1, 0.15) is 0 Å². The van der Waals surface area contributed by atoms with E-state index in [1.165, 1.54) is 6.42 Å². The first-order valence-corrected chi connectivity index (χ1v) is 5.30. The van der Waals surface area contributed by atoms with Crippen LogP contribution in [0.3, 0.4) is 0 Å². The van der Waals surface area contributed by atoms with Gasteiger partial charge in [-0.25, -0.2) is 0 Å². The fourth-order valence-corrected chi connectivity index (χ4v) is 1.84. The second-order valence-corrected chi connectivity index (χ2v) is 3.82. The van der Waals surface area contributed by atoms with Crippen LogP contribution in [0.5, 0.6) is 0 Å². The summed E-state index contributed by atoms with van der Waals surface area (Å²) in [5.41, 5.74) is 1.76. The third kappa shape index (κ3) is 2.60. The van der Waals surface area contributed by atoms with Gasteiger partial charge in [0.2, 0.25) is 0 Å². The van der Waals surface area contributed by atoms with Gasteiger partial charge >= 0.3 is 0 Å². The molecule has 1 atom stereocenters. The molecule has 76 valence electrons. The first-order valence-electron chi connectivity index (χ1n) is 5.30. The van der Waals surface area contributed by atoms with Crippen molar-refractivity contribution in [2.24, 2.45) is 0 Å². The highest BCUT2D eigenvalue weighted by atomic mass is 14.9. The van der Waals surface area contributed by atoms with E-state index in [1.54, 1.807) is 0 Å². The van der Waals surface area contributed by atoms with Crippen LogP contribution in [-0.2, 0) is 0 Å². The fourth-order valence-electron chi connectivity index (χ4n) is 1.84. The average molecular weight is 198 g/mol. The van der Waals surface area contributed by atoms with Crippen molar-refractivity contribution in [2.45, 2.75) is 25.3 Å². The molecule has 0 amide bonds. The zero-order valence-corrected chi connectivity index (χ0v) is 8.61. The molecule has 1 aliphatic rings. The van der Waals surface area contributed by atoms with Gasteiger partial charge in [-0.15, -0.1) is 0 Å². The average Bonchev–Trinajstić information content (AvgIpc) is 2.31. The summed E-state index contributed by atoms with van der Waals surface area (Å²) >= 11 is 0. The van der Waals surface area contributed by atoms with Crippen molar-refractivity contribution in [3.05, 3.63) is 42.0 Å². The standard InChI is InChI=1S/C13H14N2/c14-10-11-5-4-8-13(9-11)15-12-6-2-1-3-7-12/h1-2,4-5,8-9,12,15H,3,6-7H2. The molecule has 0 saturated carbocycles. The first kappa shape index (κ1) is 9.79. The van der Waals surface area contributed by atoms with E-state index >= 15 is 0 Å². The van der Waals surface area contributed by atoms with Gasteiger partial charge in [0.15, 0.2) is 0 Å². The van der Waals surface area contributed by atoms with Gasteiger partial charge in [0.05, 0.1) is 11.6 Å². The van der Waals surface area contributed by atoms with E-state index in [4.69, 9.17) is 5.26 Å². The second kappa shape index (κ2) is 4.65. The fraction of sp³-hybridized carbons (Fsp3) is 0.308. The molecule has 0 saturated heterocycles. The van der Waals surface area contributed by atoms with Crippen molar-refractivity contribution in [1.29, 1.82) is 5.26 Å². The Labute approximate surface area is 90.2 Å². The van der Waals surface area contributed by atoms with Crippen molar-refractivity contribution in [3.8, 4) is 6.07 Å². The maximum atomic E-state index is 8.78. The monoisotopic (exact) mass is 198 g/mol. The summed E-state index contributed by atoms with van der Waals surface area (Å²) < 4.78 is 0. The molecule has 0 aromatic heterocycles. The van der Waals surface area contributed by atoms with Crippen molar-refractivity contribution >= 4 is 5.69 Å². The van der Waals surface area contributed by atoms with Crippen LogP contribution in [0.25, 0.3) is 0 Å². The van der Waals surface area contributed by atoms with E-state index in [1.807, 2.05) is 24.3 Å². The minimum absolute atomic E-state index is 0.518. The minimum Gasteiger partial charge on any atom is -0.382 e. The number of anilines is 1. The first-order chi connectivity index (χ1) is 7.38. The van der Waals surface area contributed by atoms with Gasteiger partial charge in [-0.05, 0) is 37.5 Å². The topological polar surface area (TPSA) is 35.8 Å². The summed E-state index contributed by atoms with van der Waals surface area (Å²) in [4.78, 5) is 0. The summed E-state index contributed by atoms with van der Waals surface area (Å²) in [6, 6.07) is 10.3. The van der Waals surface area contributed by atoms with Crippen molar-refractivity contribution < 1.29 is 0 Å². The van der Waals surface area contributed by atoms with E-state index in [0.29, 0.717) is 11.6 Å². The molecule has 2 heteroatoms. The molecule has 2 nitrogen and oxygen atoms in total. The summed E-state index contributed by atoms with van der Waals surface area (Å²) in [5, 5.41) is 12.2. The molecule has 1 unspecified atom stereocenters. The molecule has 2 rings (SSSR count). The zero-order valence-electron chi connectivity index (χ0n) is 8.61. The number of hydrogen-bond donors (Lipinski definition) is 1. The van der Waals surface area contributed by atoms with Crippen LogP contribution < -0.4 is 5.32 Å². The molecule has 15 heavy (non-hydrogen) atoms. The van der Waals surface area contributed by atoms with Gasteiger partial charge in [0, 0.05) is 11.7 Å².